The lowest BCUT2D eigenvalue weighted by Crippen LogP contribution is -2.42. The molecule has 1 aliphatic heterocycles. The second kappa shape index (κ2) is 10.6. The van der Waals surface area contributed by atoms with Gasteiger partial charge in [0, 0.05) is 57.4 Å². The van der Waals surface area contributed by atoms with Crippen molar-refractivity contribution in [3.63, 3.8) is 0 Å². The number of rotatable bonds is 7. The van der Waals surface area contributed by atoms with E-state index in [1.54, 1.807) is 7.11 Å². The Kier molecular flexibility index (Phi) is 7.47. The van der Waals surface area contributed by atoms with Crippen molar-refractivity contribution < 1.29 is 19.1 Å². The van der Waals surface area contributed by atoms with Crippen LogP contribution in [0.15, 0.2) is 71.6 Å². The fourth-order valence-electron chi connectivity index (χ4n) is 6.46. The van der Waals surface area contributed by atoms with Gasteiger partial charge in [-0.2, -0.15) is 0 Å². The van der Waals surface area contributed by atoms with E-state index in [1.807, 2.05) is 36.4 Å². The van der Waals surface area contributed by atoms with Gasteiger partial charge in [-0.15, -0.1) is 6.58 Å². The van der Waals surface area contributed by atoms with Crippen molar-refractivity contribution in [2.24, 2.45) is 10.8 Å². The minimum Gasteiger partial charge on any atom is -0.493 e. The van der Waals surface area contributed by atoms with Gasteiger partial charge in [-0.25, -0.2) is 0 Å². The highest BCUT2D eigenvalue weighted by Gasteiger charge is 2.46. The first-order chi connectivity index (χ1) is 18.9. The van der Waals surface area contributed by atoms with E-state index in [4.69, 9.17) is 21.1 Å². The predicted molar refractivity (Wildman–Crippen MR) is 159 cm³/mol. The molecule has 3 aliphatic rings. The Bertz CT molecular complexity index is 1410. The molecule has 0 amide bonds. The molecule has 0 saturated carbocycles. The summed E-state index contributed by atoms with van der Waals surface area (Å²) < 4.78 is 12.2. The largest absolute Gasteiger partial charge is 0.493 e. The average Bonchev–Trinajstić information content (AvgIpc) is 2.85. The van der Waals surface area contributed by atoms with Gasteiger partial charge in [-0.05, 0) is 47.8 Å². The van der Waals surface area contributed by atoms with Gasteiger partial charge in [0.25, 0.3) is 0 Å². The summed E-state index contributed by atoms with van der Waals surface area (Å²) in [7, 11) is 1.61. The summed E-state index contributed by atoms with van der Waals surface area (Å²) in [5, 5.41) is 4.22. The maximum absolute atomic E-state index is 13.7. The fourth-order valence-corrected chi connectivity index (χ4v) is 6.65. The van der Waals surface area contributed by atoms with E-state index >= 15 is 0 Å². The molecule has 5 nitrogen and oxygen atoms in total. The number of Topliss-reactive ketones (excluding diaryl/α,β-unsaturated/α-hetero) is 2. The first-order valence-electron chi connectivity index (χ1n) is 13.9. The van der Waals surface area contributed by atoms with E-state index in [2.05, 4.69) is 45.7 Å². The summed E-state index contributed by atoms with van der Waals surface area (Å²) in [5.41, 5.74) is 5.62. The standard InChI is InChI=1S/C34H38ClNO4/c1-7-10-20-13-22(14-28(39-6)32(20)40-19-21-11-8-9-12-23(21)35)29-30-24(15-33(2,3)17-26(30)37)36-25-16-34(4,5)18-27(38)31(25)29/h7-9,11-14,29,36H,1,10,15-19H2,2-6H3. The molecule has 5 rings (SSSR count). The van der Waals surface area contributed by atoms with Crippen LogP contribution in [0.25, 0.3) is 0 Å². The molecule has 210 valence electrons. The molecule has 2 aromatic rings. The second-order valence-electron chi connectivity index (χ2n) is 12.8. The lowest BCUT2D eigenvalue weighted by molar-refractivity contribution is -0.119. The fraction of sp³-hybridized carbons (Fsp3) is 0.412. The van der Waals surface area contributed by atoms with Crippen molar-refractivity contribution in [2.75, 3.05) is 7.11 Å². The van der Waals surface area contributed by atoms with Crippen molar-refractivity contribution in [2.45, 2.75) is 72.3 Å². The van der Waals surface area contributed by atoms with Crippen LogP contribution in [0.3, 0.4) is 0 Å². The average molecular weight is 560 g/mol. The van der Waals surface area contributed by atoms with Gasteiger partial charge in [0.15, 0.2) is 23.1 Å². The molecular formula is C34H38ClNO4. The molecule has 0 atom stereocenters. The topological polar surface area (TPSA) is 64.6 Å². The molecule has 40 heavy (non-hydrogen) atoms. The molecule has 0 fully saturated rings. The predicted octanol–water partition coefficient (Wildman–Crippen LogP) is 7.63. The van der Waals surface area contributed by atoms with Gasteiger partial charge in [0.05, 0.1) is 7.11 Å². The molecule has 1 heterocycles. The summed E-state index contributed by atoms with van der Waals surface area (Å²) in [5.74, 6) is 0.896. The Morgan fingerprint density at radius 2 is 1.55 bits per heavy atom. The first kappa shape index (κ1) is 28.2. The van der Waals surface area contributed by atoms with E-state index in [1.165, 1.54) is 0 Å². The number of ketones is 2. The molecule has 0 bridgehead atoms. The maximum atomic E-state index is 13.7. The molecule has 0 aromatic heterocycles. The zero-order valence-corrected chi connectivity index (χ0v) is 24.8. The number of halogens is 1. The van der Waals surface area contributed by atoms with Gasteiger partial charge < -0.3 is 14.8 Å². The van der Waals surface area contributed by atoms with Crippen molar-refractivity contribution in [1.82, 2.24) is 5.32 Å². The minimum atomic E-state index is -0.450. The van der Waals surface area contributed by atoms with Gasteiger partial charge in [-0.3, -0.25) is 9.59 Å². The second-order valence-corrected chi connectivity index (χ2v) is 13.2. The summed E-state index contributed by atoms with van der Waals surface area (Å²) >= 11 is 6.38. The van der Waals surface area contributed by atoms with Crippen LogP contribution in [0.4, 0.5) is 0 Å². The number of ether oxygens (including phenoxy) is 2. The summed E-state index contributed by atoms with van der Waals surface area (Å²) in [4.78, 5) is 27.5. The van der Waals surface area contributed by atoms with Crippen LogP contribution >= 0.6 is 11.6 Å². The molecule has 6 heteroatoms. The summed E-state index contributed by atoms with van der Waals surface area (Å²) in [6.45, 7) is 12.7. The monoisotopic (exact) mass is 559 g/mol. The third-order valence-electron chi connectivity index (χ3n) is 8.12. The molecule has 1 N–H and O–H groups in total. The third-order valence-corrected chi connectivity index (χ3v) is 8.49. The van der Waals surface area contributed by atoms with Crippen LogP contribution in [0.1, 0.15) is 76.0 Å². The molecule has 0 spiro atoms. The smallest absolute Gasteiger partial charge is 0.165 e. The minimum absolute atomic E-state index is 0.0937. The van der Waals surface area contributed by atoms with E-state index in [0.717, 1.165) is 40.9 Å². The van der Waals surface area contributed by atoms with Crippen LogP contribution < -0.4 is 14.8 Å². The Morgan fingerprint density at radius 3 is 2.10 bits per heavy atom. The molecule has 0 saturated heterocycles. The number of hydrogen-bond acceptors (Lipinski definition) is 5. The number of allylic oxidation sites excluding steroid dienone is 5. The quantitative estimate of drug-likeness (QED) is 0.353. The highest BCUT2D eigenvalue weighted by Crippen LogP contribution is 2.52. The molecule has 0 radical (unpaired) electrons. The maximum Gasteiger partial charge on any atom is 0.165 e. The number of benzene rings is 2. The van der Waals surface area contributed by atoms with Crippen LogP contribution in [-0.4, -0.2) is 18.7 Å². The summed E-state index contributed by atoms with van der Waals surface area (Å²) in [6.07, 6.45) is 4.76. The van der Waals surface area contributed by atoms with Crippen molar-refractivity contribution in [3.8, 4) is 11.5 Å². The van der Waals surface area contributed by atoms with Gasteiger partial charge in [0.1, 0.15) is 6.61 Å². The zero-order valence-electron chi connectivity index (χ0n) is 24.1. The van der Waals surface area contributed by atoms with Crippen LogP contribution in [-0.2, 0) is 22.6 Å². The molecule has 2 aromatic carbocycles. The van der Waals surface area contributed by atoms with E-state index in [0.29, 0.717) is 46.9 Å². The molecule has 0 unspecified atom stereocenters. The van der Waals surface area contributed by atoms with Crippen molar-refractivity contribution >= 4 is 23.2 Å². The third kappa shape index (κ3) is 5.36. The first-order valence-corrected chi connectivity index (χ1v) is 14.3. The van der Waals surface area contributed by atoms with E-state index < -0.39 is 5.92 Å². The lowest BCUT2D eigenvalue weighted by Gasteiger charge is -2.44. The Hall–Kier alpha value is -3.31. The Morgan fingerprint density at radius 1 is 0.950 bits per heavy atom. The van der Waals surface area contributed by atoms with Crippen LogP contribution in [0, 0.1) is 10.8 Å². The zero-order chi connectivity index (χ0) is 28.8. The van der Waals surface area contributed by atoms with Gasteiger partial charge >= 0.3 is 0 Å². The van der Waals surface area contributed by atoms with Crippen molar-refractivity contribution in [1.29, 1.82) is 0 Å². The Labute approximate surface area is 242 Å². The number of dihydropyridines is 1. The number of carbonyl (C=O) groups is 2. The van der Waals surface area contributed by atoms with Crippen LogP contribution in [0.5, 0.6) is 11.5 Å². The van der Waals surface area contributed by atoms with E-state index in [-0.39, 0.29) is 29.0 Å². The molecular weight excluding hydrogens is 522 g/mol. The summed E-state index contributed by atoms with van der Waals surface area (Å²) in [6, 6.07) is 11.6. The number of nitrogens with one attached hydrogen (secondary N) is 1. The molecule has 2 aliphatic carbocycles. The Balaban J connectivity index is 1.65. The van der Waals surface area contributed by atoms with Gasteiger partial charge in [-0.1, -0.05) is 69.6 Å². The number of carbonyl (C=O) groups excluding carboxylic acids is 2. The lowest BCUT2D eigenvalue weighted by atomic mass is 9.64. The van der Waals surface area contributed by atoms with Crippen molar-refractivity contribution in [3.05, 3.63) is 93.3 Å². The SMILES string of the molecule is C=CCc1cc(C2C3=C(CC(C)(C)CC3=O)NC3=C2C(=O)CC(C)(C)C3)cc(OC)c1OCc1ccccc1Cl. The number of methoxy groups -OCH3 is 1. The van der Waals surface area contributed by atoms with E-state index in [9.17, 15) is 9.59 Å². The number of hydrogen-bond donors (Lipinski definition) is 1. The van der Waals surface area contributed by atoms with Crippen LogP contribution in [0.2, 0.25) is 5.02 Å². The highest BCUT2D eigenvalue weighted by atomic mass is 35.5. The van der Waals surface area contributed by atoms with Gasteiger partial charge in [0.2, 0.25) is 0 Å². The highest BCUT2D eigenvalue weighted by molar-refractivity contribution is 6.31. The normalized spacial score (nSPS) is 20.1.